The van der Waals surface area contributed by atoms with Gasteiger partial charge in [0.25, 0.3) is 5.56 Å². The number of aromatic amines is 1. The molecule has 0 fully saturated rings. The van der Waals surface area contributed by atoms with Crippen LogP contribution in [0.3, 0.4) is 0 Å². The van der Waals surface area contributed by atoms with E-state index in [-0.39, 0.29) is 11.1 Å². The van der Waals surface area contributed by atoms with E-state index in [2.05, 4.69) is 54.9 Å². The smallest absolute Gasteiger partial charge is 0.303 e. The third kappa shape index (κ3) is 3.98. The normalized spacial score (nSPS) is 15.8. The molecule has 0 saturated heterocycles. The van der Waals surface area contributed by atoms with Gasteiger partial charge in [-0.2, -0.15) is 13.2 Å². The molecule has 1 aromatic carbocycles. The van der Waals surface area contributed by atoms with Crippen molar-refractivity contribution in [2.75, 3.05) is 6.54 Å². The van der Waals surface area contributed by atoms with Gasteiger partial charge in [-0.1, -0.05) is 45.0 Å². The molecule has 26 heavy (non-hydrogen) atoms. The number of nitrogens with one attached hydrogen (secondary N) is 1. The summed E-state index contributed by atoms with van der Waals surface area (Å²) >= 11 is 0. The molecule has 0 bridgehead atoms. The lowest BCUT2D eigenvalue weighted by Gasteiger charge is -2.28. The Morgan fingerprint density at radius 3 is 2.38 bits per heavy atom. The van der Waals surface area contributed by atoms with Crippen LogP contribution in [-0.2, 0) is 31.1 Å². The number of nitrogens with zero attached hydrogens (tertiary/aromatic N) is 2. The van der Waals surface area contributed by atoms with Crippen LogP contribution in [0.25, 0.3) is 0 Å². The van der Waals surface area contributed by atoms with Crippen LogP contribution in [0, 0.1) is 0 Å². The van der Waals surface area contributed by atoms with Crippen LogP contribution in [0.4, 0.5) is 13.2 Å². The van der Waals surface area contributed by atoms with Crippen LogP contribution in [-0.4, -0.2) is 21.4 Å². The predicted molar refractivity (Wildman–Crippen MR) is 92.8 cm³/mol. The Morgan fingerprint density at radius 1 is 1.15 bits per heavy atom. The van der Waals surface area contributed by atoms with Crippen molar-refractivity contribution in [3.8, 4) is 0 Å². The summed E-state index contributed by atoms with van der Waals surface area (Å²) in [4.78, 5) is 19.6. The molecule has 1 aliphatic heterocycles. The summed E-state index contributed by atoms with van der Waals surface area (Å²) in [5, 5.41) is 0. The Kier molecular flexibility index (Phi) is 4.69. The predicted octanol–water partition coefficient (Wildman–Crippen LogP) is 3.64. The lowest BCUT2D eigenvalue weighted by molar-refractivity contribution is -0.145. The van der Waals surface area contributed by atoms with Gasteiger partial charge in [0, 0.05) is 26.1 Å². The molecular formula is C19H22F3N3O. The molecule has 2 heterocycles. The first kappa shape index (κ1) is 18.6. The van der Waals surface area contributed by atoms with Crippen molar-refractivity contribution in [1.29, 1.82) is 0 Å². The third-order valence-corrected chi connectivity index (χ3v) is 4.64. The topological polar surface area (TPSA) is 49.0 Å². The maximum absolute atomic E-state index is 12.8. The summed E-state index contributed by atoms with van der Waals surface area (Å²) in [7, 11) is 0. The minimum absolute atomic E-state index is 0.0811. The fourth-order valence-electron chi connectivity index (χ4n) is 3.12. The van der Waals surface area contributed by atoms with Gasteiger partial charge >= 0.3 is 6.18 Å². The molecule has 3 rings (SSSR count). The number of fused-ring (bicyclic) bond motifs is 1. The number of alkyl halides is 3. The van der Waals surface area contributed by atoms with E-state index in [0.29, 0.717) is 31.6 Å². The highest BCUT2D eigenvalue weighted by Crippen LogP contribution is 2.27. The lowest BCUT2D eigenvalue weighted by atomic mass is 9.86. The number of rotatable bonds is 2. The van der Waals surface area contributed by atoms with Gasteiger partial charge in [-0.05, 0) is 16.5 Å². The second kappa shape index (κ2) is 6.54. The van der Waals surface area contributed by atoms with Gasteiger partial charge in [-0.3, -0.25) is 9.69 Å². The third-order valence-electron chi connectivity index (χ3n) is 4.64. The van der Waals surface area contributed by atoms with Crippen LogP contribution in [0.2, 0.25) is 0 Å². The van der Waals surface area contributed by atoms with Crippen molar-refractivity contribution in [3.63, 3.8) is 0 Å². The average Bonchev–Trinajstić information content (AvgIpc) is 2.54. The number of hydrogen-bond donors (Lipinski definition) is 1. The highest BCUT2D eigenvalue weighted by molar-refractivity contribution is 5.28. The number of H-pyrrole nitrogens is 1. The standard InChI is InChI=1S/C19H22F3N3O/c1-18(2,3)13-6-4-12(5-7-13)10-25-9-8-15-14(11-25)16(26)24-17(23-15)19(20,21)22/h4-7H,8-11H2,1-3H3,(H,23,24,26). The molecule has 0 spiro atoms. The van der Waals surface area contributed by atoms with Crippen LogP contribution in [0.1, 0.15) is 49.0 Å². The maximum Gasteiger partial charge on any atom is 0.449 e. The average molecular weight is 365 g/mol. The molecule has 140 valence electrons. The Balaban J connectivity index is 1.76. The zero-order valence-electron chi connectivity index (χ0n) is 15.1. The summed E-state index contributed by atoms with van der Waals surface area (Å²) in [6, 6.07) is 8.31. The second-order valence-corrected chi connectivity index (χ2v) is 7.75. The fourth-order valence-corrected chi connectivity index (χ4v) is 3.12. The minimum atomic E-state index is -4.64. The van der Waals surface area contributed by atoms with E-state index < -0.39 is 17.6 Å². The quantitative estimate of drug-likeness (QED) is 0.884. The molecule has 0 amide bonds. The minimum Gasteiger partial charge on any atom is -0.303 e. The van der Waals surface area contributed by atoms with Gasteiger partial charge in [0.1, 0.15) is 0 Å². The van der Waals surface area contributed by atoms with Crippen molar-refractivity contribution in [2.24, 2.45) is 0 Å². The van der Waals surface area contributed by atoms with Gasteiger partial charge in [0.2, 0.25) is 5.82 Å². The SMILES string of the molecule is CC(C)(C)c1ccc(CN2CCc3nc(C(F)(F)F)[nH]c(=O)c3C2)cc1. The molecule has 7 heteroatoms. The van der Waals surface area contributed by atoms with E-state index in [4.69, 9.17) is 0 Å². The molecule has 4 nitrogen and oxygen atoms in total. The molecule has 0 atom stereocenters. The van der Waals surface area contributed by atoms with Crippen LogP contribution < -0.4 is 5.56 Å². The number of benzene rings is 1. The van der Waals surface area contributed by atoms with Crippen LogP contribution >= 0.6 is 0 Å². The summed E-state index contributed by atoms with van der Waals surface area (Å²) in [5.41, 5.74) is 2.31. The number of halogens is 3. The maximum atomic E-state index is 12.8. The molecule has 1 N–H and O–H groups in total. The largest absolute Gasteiger partial charge is 0.449 e. The first-order chi connectivity index (χ1) is 12.0. The second-order valence-electron chi connectivity index (χ2n) is 7.75. The van der Waals surface area contributed by atoms with E-state index in [1.807, 2.05) is 4.98 Å². The summed E-state index contributed by atoms with van der Waals surface area (Å²) < 4.78 is 38.3. The molecule has 2 aromatic rings. The molecule has 0 radical (unpaired) electrons. The molecule has 1 aromatic heterocycles. The van der Waals surface area contributed by atoms with E-state index in [9.17, 15) is 18.0 Å². The highest BCUT2D eigenvalue weighted by Gasteiger charge is 2.35. The van der Waals surface area contributed by atoms with Gasteiger partial charge in [0.05, 0.1) is 11.3 Å². The summed E-state index contributed by atoms with van der Waals surface area (Å²) in [6.45, 7) is 7.97. The molecular weight excluding hydrogens is 343 g/mol. The molecule has 0 unspecified atom stereocenters. The molecule has 0 saturated carbocycles. The van der Waals surface area contributed by atoms with Crippen LogP contribution in [0.5, 0.6) is 0 Å². The Labute approximate surface area is 150 Å². The zero-order valence-corrected chi connectivity index (χ0v) is 15.1. The monoisotopic (exact) mass is 365 g/mol. The van der Waals surface area contributed by atoms with Gasteiger partial charge in [0.15, 0.2) is 0 Å². The van der Waals surface area contributed by atoms with Gasteiger partial charge in [-0.15, -0.1) is 0 Å². The zero-order chi connectivity index (χ0) is 19.1. The van der Waals surface area contributed by atoms with Crippen molar-refractivity contribution < 1.29 is 13.2 Å². The van der Waals surface area contributed by atoms with Crippen molar-refractivity contribution in [2.45, 2.75) is 51.9 Å². The van der Waals surface area contributed by atoms with E-state index in [1.165, 1.54) is 5.56 Å². The van der Waals surface area contributed by atoms with E-state index >= 15 is 0 Å². The fraction of sp³-hybridized carbons (Fsp3) is 0.474. The van der Waals surface area contributed by atoms with Crippen LogP contribution in [0.15, 0.2) is 29.1 Å². The van der Waals surface area contributed by atoms with Gasteiger partial charge in [-0.25, -0.2) is 4.98 Å². The first-order valence-corrected chi connectivity index (χ1v) is 8.55. The van der Waals surface area contributed by atoms with E-state index in [0.717, 1.165) is 5.56 Å². The van der Waals surface area contributed by atoms with Gasteiger partial charge < -0.3 is 4.98 Å². The summed E-state index contributed by atoms with van der Waals surface area (Å²) in [6.07, 6.45) is -4.30. The number of hydrogen-bond acceptors (Lipinski definition) is 3. The molecule has 1 aliphatic rings. The van der Waals surface area contributed by atoms with Crippen molar-refractivity contribution >= 4 is 0 Å². The Hall–Kier alpha value is -2.15. The Morgan fingerprint density at radius 2 is 1.81 bits per heavy atom. The van der Waals surface area contributed by atoms with Crippen molar-refractivity contribution in [3.05, 3.63) is 62.8 Å². The Bertz CT molecular complexity index is 848. The number of aromatic nitrogens is 2. The molecule has 0 aliphatic carbocycles. The van der Waals surface area contributed by atoms with Crippen molar-refractivity contribution in [1.82, 2.24) is 14.9 Å². The first-order valence-electron chi connectivity index (χ1n) is 8.55. The summed E-state index contributed by atoms with van der Waals surface area (Å²) in [5.74, 6) is -1.22. The van der Waals surface area contributed by atoms with E-state index in [1.54, 1.807) is 0 Å². The highest BCUT2D eigenvalue weighted by atomic mass is 19.4. The lowest BCUT2D eigenvalue weighted by Crippen LogP contribution is -2.36.